The molecule has 30 heavy (non-hydrogen) atoms. The minimum Gasteiger partial charge on any atom is -0.339 e. The van der Waals surface area contributed by atoms with Crippen LogP contribution in [-0.4, -0.2) is 15.8 Å². The summed E-state index contributed by atoms with van der Waals surface area (Å²) in [7, 11) is 0. The van der Waals surface area contributed by atoms with E-state index in [1.54, 1.807) is 18.2 Å². The highest BCUT2D eigenvalue weighted by Gasteiger charge is 2.19. The molecule has 1 aromatic heterocycles. The number of para-hydroxylation sites is 1. The molecule has 0 unspecified atom stereocenters. The van der Waals surface area contributed by atoms with Gasteiger partial charge in [-0.15, -0.1) is 0 Å². The second-order valence-corrected chi connectivity index (χ2v) is 6.69. The van der Waals surface area contributed by atoms with Crippen LogP contribution < -0.4 is 10.9 Å². The zero-order chi connectivity index (χ0) is 20.9. The molecule has 0 aliphatic carbocycles. The summed E-state index contributed by atoms with van der Waals surface area (Å²) in [6, 6.07) is 24.9. The van der Waals surface area contributed by atoms with E-state index in [1.165, 1.54) is 10.6 Å². The van der Waals surface area contributed by atoms with Gasteiger partial charge in [-0.25, -0.2) is 9.37 Å². The first-order valence-electron chi connectivity index (χ1n) is 9.43. The highest BCUT2D eigenvalue weighted by Crippen LogP contribution is 2.24. The van der Waals surface area contributed by atoms with E-state index in [0.717, 1.165) is 11.8 Å². The van der Waals surface area contributed by atoms with Gasteiger partial charge in [0.15, 0.2) is 0 Å². The maximum atomic E-state index is 14.6. The topological polar surface area (TPSA) is 70.8 Å². The van der Waals surface area contributed by atoms with Crippen LogP contribution in [0.25, 0.3) is 11.4 Å². The minimum absolute atomic E-state index is 0.106. The van der Waals surface area contributed by atoms with Crippen molar-refractivity contribution in [3.63, 3.8) is 0 Å². The standard InChI is InChI=1S/C24H19FN4O/c25-21-14-8-7-13-19(21)23-28-22(27-18-11-5-2-6-12-18)20(15-26)24(30)29(23)16-17-9-3-1-4-10-17/h1-15,26-27H,16H2. The monoisotopic (exact) mass is 398 g/mol. The predicted molar refractivity (Wildman–Crippen MR) is 117 cm³/mol. The Bertz CT molecular complexity index is 1240. The molecule has 0 fully saturated rings. The van der Waals surface area contributed by atoms with Crippen LogP contribution >= 0.6 is 0 Å². The van der Waals surface area contributed by atoms with Crippen molar-refractivity contribution < 1.29 is 4.39 Å². The molecule has 0 atom stereocenters. The summed E-state index contributed by atoms with van der Waals surface area (Å²) in [5, 5.41) is 10.9. The molecule has 0 aliphatic rings. The van der Waals surface area contributed by atoms with Crippen molar-refractivity contribution >= 4 is 17.7 Å². The normalized spacial score (nSPS) is 10.6. The Morgan fingerprint density at radius 1 is 0.933 bits per heavy atom. The van der Waals surface area contributed by atoms with Crippen LogP contribution in [0.5, 0.6) is 0 Å². The molecule has 2 N–H and O–H groups in total. The van der Waals surface area contributed by atoms with Crippen molar-refractivity contribution in [3.8, 4) is 11.4 Å². The lowest BCUT2D eigenvalue weighted by molar-refractivity contribution is 0.625. The first-order valence-corrected chi connectivity index (χ1v) is 9.43. The van der Waals surface area contributed by atoms with Crippen molar-refractivity contribution in [2.45, 2.75) is 6.54 Å². The van der Waals surface area contributed by atoms with Crippen molar-refractivity contribution in [1.29, 1.82) is 5.41 Å². The van der Waals surface area contributed by atoms with Crippen molar-refractivity contribution in [2.75, 3.05) is 5.32 Å². The van der Waals surface area contributed by atoms with Gasteiger partial charge in [-0.3, -0.25) is 9.36 Å². The number of halogens is 1. The predicted octanol–water partition coefficient (Wildman–Crippen LogP) is 4.84. The summed E-state index contributed by atoms with van der Waals surface area (Å²) in [6.45, 7) is 0.211. The van der Waals surface area contributed by atoms with Crippen LogP contribution in [-0.2, 0) is 6.54 Å². The van der Waals surface area contributed by atoms with Crippen LogP contribution in [0.15, 0.2) is 89.7 Å². The molecular formula is C24H19FN4O. The van der Waals surface area contributed by atoms with Gasteiger partial charge in [0.2, 0.25) is 0 Å². The van der Waals surface area contributed by atoms with E-state index in [4.69, 9.17) is 5.41 Å². The summed E-state index contributed by atoms with van der Waals surface area (Å²) in [5.41, 5.74) is 1.50. The molecule has 148 valence electrons. The van der Waals surface area contributed by atoms with Crippen LogP contribution in [0, 0.1) is 11.2 Å². The van der Waals surface area contributed by atoms with Crippen LogP contribution in [0.1, 0.15) is 11.1 Å². The minimum atomic E-state index is -0.473. The molecule has 0 saturated carbocycles. The highest BCUT2D eigenvalue weighted by molar-refractivity contribution is 5.86. The molecule has 0 saturated heterocycles. The molecule has 0 radical (unpaired) electrons. The molecule has 1 heterocycles. The van der Waals surface area contributed by atoms with E-state index in [9.17, 15) is 9.18 Å². The van der Waals surface area contributed by atoms with Gasteiger partial charge < -0.3 is 10.7 Å². The molecule has 4 aromatic rings. The number of rotatable bonds is 6. The Kier molecular flexibility index (Phi) is 5.48. The lowest BCUT2D eigenvalue weighted by atomic mass is 10.1. The van der Waals surface area contributed by atoms with Gasteiger partial charge in [-0.2, -0.15) is 0 Å². The fourth-order valence-electron chi connectivity index (χ4n) is 3.21. The number of nitrogens with one attached hydrogen (secondary N) is 2. The Morgan fingerprint density at radius 2 is 1.57 bits per heavy atom. The maximum absolute atomic E-state index is 14.6. The molecule has 6 heteroatoms. The average molecular weight is 398 g/mol. The molecule has 0 amide bonds. The zero-order valence-electron chi connectivity index (χ0n) is 16.0. The number of aromatic nitrogens is 2. The first kappa shape index (κ1) is 19.3. The smallest absolute Gasteiger partial charge is 0.265 e. The van der Waals surface area contributed by atoms with Gasteiger partial charge in [-0.05, 0) is 29.8 Å². The summed E-state index contributed by atoms with van der Waals surface area (Å²) >= 11 is 0. The number of hydrogen-bond acceptors (Lipinski definition) is 4. The van der Waals surface area contributed by atoms with Crippen molar-refractivity contribution in [1.82, 2.24) is 9.55 Å². The zero-order valence-corrected chi connectivity index (χ0v) is 16.0. The van der Waals surface area contributed by atoms with E-state index in [1.807, 2.05) is 60.7 Å². The maximum Gasteiger partial charge on any atom is 0.265 e. The summed E-state index contributed by atoms with van der Waals surface area (Å²) < 4.78 is 16.1. The Balaban J connectivity index is 1.93. The number of anilines is 2. The summed E-state index contributed by atoms with van der Waals surface area (Å²) in [5.74, 6) is -0.0609. The van der Waals surface area contributed by atoms with E-state index in [2.05, 4.69) is 10.3 Å². The molecule has 3 aromatic carbocycles. The molecular weight excluding hydrogens is 379 g/mol. The fourth-order valence-corrected chi connectivity index (χ4v) is 3.21. The first-order chi connectivity index (χ1) is 14.7. The van der Waals surface area contributed by atoms with Gasteiger partial charge in [0.05, 0.1) is 12.1 Å². The number of hydrogen-bond donors (Lipinski definition) is 2. The van der Waals surface area contributed by atoms with Gasteiger partial charge >= 0.3 is 0 Å². The van der Waals surface area contributed by atoms with Crippen LogP contribution in [0.2, 0.25) is 0 Å². The van der Waals surface area contributed by atoms with E-state index < -0.39 is 11.4 Å². The molecule has 5 nitrogen and oxygen atoms in total. The largest absolute Gasteiger partial charge is 0.339 e. The molecule has 0 bridgehead atoms. The fraction of sp³-hybridized carbons (Fsp3) is 0.0417. The Morgan fingerprint density at radius 3 is 2.23 bits per heavy atom. The van der Waals surface area contributed by atoms with E-state index in [0.29, 0.717) is 5.69 Å². The number of nitrogens with zero attached hydrogens (tertiary/aromatic N) is 2. The van der Waals surface area contributed by atoms with Crippen LogP contribution in [0.4, 0.5) is 15.9 Å². The third-order valence-electron chi connectivity index (χ3n) is 4.68. The third-order valence-corrected chi connectivity index (χ3v) is 4.68. The van der Waals surface area contributed by atoms with Gasteiger partial charge in [-0.1, -0.05) is 60.7 Å². The third kappa shape index (κ3) is 3.89. The van der Waals surface area contributed by atoms with Crippen molar-refractivity contribution in [2.24, 2.45) is 0 Å². The van der Waals surface area contributed by atoms with E-state index >= 15 is 0 Å². The second-order valence-electron chi connectivity index (χ2n) is 6.69. The molecule has 0 aliphatic heterocycles. The van der Waals surface area contributed by atoms with E-state index in [-0.39, 0.29) is 29.3 Å². The van der Waals surface area contributed by atoms with Crippen molar-refractivity contribution in [3.05, 3.63) is 112 Å². The lowest BCUT2D eigenvalue weighted by Gasteiger charge is -2.17. The van der Waals surface area contributed by atoms with Crippen LogP contribution in [0.3, 0.4) is 0 Å². The number of benzene rings is 3. The Labute approximate surface area is 173 Å². The quantitative estimate of drug-likeness (QED) is 0.457. The summed E-state index contributed by atoms with van der Waals surface area (Å²) in [6.07, 6.45) is 0.979. The Hall–Kier alpha value is -4.06. The second kappa shape index (κ2) is 8.53. The van der Waals surface area contributed by atoms with Gasteiger partial charge in [0, 0.05) is 11.9 Å². The summed E-state index contributed by atoms with van der Waals surface area (Å²) in [4.78, 5) is 17.9. The molecule has 0 spiro atoms. The molecule has 4 rings (SSSR count). The van der Waals surface area contributed by atoms with Gasteiger partial charge in [0.25, 0.3) is 5.56 Å². The van der Waals surface area contributed by atoms with Gasteiger partial charge in [0.1, 0.15) is 23.0 Å². The SMILES string of the molecule is N=Cc1c(Nc2ccccc2)nc(-c2ccccc2F)n(Cc2ccccc2)c1=O. The lowest BCUT2D eigenvalue weighted by Crippen LogP contribution is -2.28. The highest BCUT2D eigenvalue weighted by atomic mass is 19.1. The average Bonchev–Trinajstić information content (AvgIpc) is 2.78.